The first kappa shape index (κ1) is 18.0. The van der Waals surface area contributed by atoms with E-state index in [1.807, 2.05) is 55.5 Å². The smallest absolute Gasteiger partial charge is 0.230 e. The van der Waals surface area contributed by atoms with E-state index in [9.17, 15) is 0 Å². The fourth-order valence-electron chi connectivity index (χ4n) is 4.37. The van der Waals surface area contributed by atoms with E-state index in [-0.39, 0.29) is 5.92 Å². The minimum absolute atomic E-state index is 0.318. The molecule has 6 heterocycles. The highest BCUT2D eigenvalue weighted by Crippen LogP contribution is 2.49. The Bertz CT molecular complexity index is 1600. The number of para-hydroxylation sites is 1. The number of aromatic nitrogens is 6. The van der Waals surface area contributed by atoms with Crippen molar-refractivity contribution in [2.24, 2.45) is 0 Å². The van der Waals surface area contributed by atoms with Crippen molar-refractivity contribution in [2.45, 2.75) is 12.8 Å². The highest BCUT2D eigenvalue weighted by Gasteiger charge is 2.39. The molecule has 0 radical (unpaired) electrons. The maximum atomic E-state index is 6.36. The first-order valence-corrected chi connectivity index (χ1v) is 10.4. The lowest BCUT2D eigenvalue weighted by molar-refractivity contribution is 0.392. The summed E-state index contributed by atoms with van der Waals surface area (Å²) in [4.78, 5) is 9.34. The van der Waals surface area contributed by atoms with Gasteiger partial charge in [0, 0.05) is 0 Å². The Balaban J connectivity index is 1.50. The van der Waals surface area contributed by atoms with Crippen LogP contribution in [0.25, 0.3) is 22.9 Å². The third kappa shape index (κ3) is 2.59. The molecule has 0 amide bonds. The van der Waals surface area contributed by atoms with Crippen LogP contribution in [0, 0.1) is 6.92 Å². The van der Waals surface area contributed by atoms with Crippen molar-refractivity contribution in [2.75, 3.05) is 0 Å². The number of hydrogen-bond acceptors (Lipinski definition) is 7. The molecule has 6 aromatic rings. The minimum atomic E-state index is -0.318. The summed E-state index contributed by atoms with van der Waals surface area (Å²) in [6.45, 7) is 1.97. The molecule has 160 valence electrons. The van der Waals surface area contributed by atoms with E-state index in [2.05, 4.69) is 10.1 Å². The van der Waals surface area contributed by atoms with Crippen molar-refractivity contribution in [1.82, 2.24) is 29.4 Å². The molecule has 0 saturated heterocycles. The number of nitrogens with zero attached hydrogens (tertiary/aromatic N) is 6. The molecule has 1 aliphatic heterocycles. The lowest BCUT2D eigenvalue weighted by Crippen LogP contribution is -2.15. The Morgan fingerprint density at radius 2 is 1.73 bits per heavy atom. The SMILES string of the molecule is Cc1nn(-c2ccccc2)c2c1C(c1ccco1)c1c(ncn3nc(-c4ccco4)nc13)O2. The zero-order chi connectivity index (χ0) is 21.9. The number of aryl methyl sites for hydroxylation is 1. The van der Waals surface area contributed by atoms with Crippen LogP contribution in [0.1, 0.15) is 28.5 Å². The van der Waals surface area contributed by atoms with Crippen LogP contribution in [-0.4, -0.2) is 29.4 Å². The summed E-state index contributed by atoms with van der Waals surface area (Å²) in [5.41, 5.74) is 4.01. The van der Waals surface area contributed by atoms with Gasteiger partial charge in [-0.3, -0.25) is 0 Å². The van der Waals surface area contributed by atoms with E-state index >= 15 is 0 Å². The highest BCUT2D eigenvalue weighted by molar-refractivity contribution is 5.67. The summed E-state index contributed by atoms with van der Waals surface area (Å²) in [6.07, 6.45) is 4.84. The van der Waals surface area contributed by atoms with Gasteiger partial charge in [0.05, 0.1) is 41.0 Å². The van der Waals surface area contributed by atoms with Gasteiger partial charge >= 0.3 is 0 Å². The van der Waals surface area contributed by atoms with Crippen molar-refractivity contribution in [3.8, 4) is 29.0 Å². The molecular weight excluding hydrogens is 420 g/mol. The Morgan fingerprint density at radius 3 is 2.52 bits per heavy atom. The molecule has 5 aromatic heterocycles. The maximum Gasteiger partial charge on any atom is 0.230 e. The zero-order valence-electron chi connectivity index (χ0n) is 17.4. The van der Waals surface area contributed by atoms with E-state index in [1.165, 1.54) is 0 Å². The van der Waals surface area contributed by atoms with Crippen LogP contribution < -0.4 is 4.74 Å². The Hall–Kier alpha value is -4.66. The zero-order valence-corrected chi connectivity index (χ0v) is 17.4. The number of benzene rings is 1. The molecule has 33 heavy (non-hydrogen) atoms. The van der Waals surface area contributed by atoms with Gasteiger partial charge < -0.3 is 13.6 Å². The predicted octanol–water partition coefficient (Wildman–Crippen LogP) is 4.76. The molecule has 1 atom stereocenters. The molecular formula is C24H16N6O3. The molecule has 0 saturated carbocycles. The van der Waals surface area contributed by atoms with Crippen LogP contribution in [0.4, 0.5) is 0 Å². The van der Waals surface area contributed by atoms with Crippen LogP contribution in [0.3, 0.4) is 0 Å². The van der Waals surface area contributed by atoms with Crippen molar-refractivity contribution < 1.29 is 13.6 Å². The van der Waals surface area contributed by atoms with Gasteiger partial charge in [-0.25, -0.2) is 19.2 Å². The number of hydrogen-bond donors (Lipinski definition) is 0. The van der Waals surface area contributed by atoms with E-state index in [0.29, 0.717) is 29.0 Å². The number of rotatable bonds is 3. The van der Waals surface area contributed by atoms with Gasteiger partial charge in [0.2, 0.25) is 17.6 Å². The van der Waals surface area contributed by atoms with Crippen LogP contribution in [0.15, 0.2) is 82.3 Å². The van der Waals surface area contributed by atoms with Gasteiger partial charge in [-0.15, -0.1) is 5.10 Å². The van der Waals surface area contributed by atoms with Crippen molar-refractivity contribution in [3.63, 3.8) is 0 Å². The Kier molecular flexibility index (Phi) is 3.63. The second-order valence-electron chi connectivity index (χ2n) is 7.75. The maximum absolute atomic E-state index is 6.36. The third-order valence-electron chi connectivity index (χ3n) is 5.79. The average Bonchev–Trinajstić information content (AvgIpc) is 3.65. The molecule has 0 spiro atoms. The van der Waals surface area contributed by atoms with Gasteiger partial charge in [-0.2, -0.15) is 5.10 Å². The molecule has 1 aliphatic rings. The van der Waals surface area contributed by atoms with E-state index in [1.54, 1.807) is 34.1 Å². The lowest BCUT2D eigenvalue weighted by Gasteiger charge is -2.24. The van der Waals surface area contributed by atoms with Crippen molar-refractivity contribution in [1.29, 1.82) is 0 Å². The third-order valence-corrected chi connectivity index (χ3v) is 5.79. The van der Waals surface area contributed by atoms with Crippen LogP contribution in [0.2, 0.25) is 0 Å². The standard InChI is InChI=1S/C24H16N6O3/c1-14-18-19(16-9-5-11-31-16)20-22-26-21(17-10-6-12-32-17)28-29(22)13-25-23(20)33-24(18)30(27-14)15-7-3-2-4-8-15/h2-13,19H,1H3. The van der Waals surface area contributed by atoms with Crippen LogP contribution in [0.5, 0.6) is 11.8 Å². The fourth-order valence-corrected chi connectivity index (χ4v) is 4.37. The average molecular weight is 436 g/mol. The molecule has 1 unspecified atom stereocenters. The first-order valence-electron chi connectivity index (χ1n) is 10.4. The molecule has 0 N–H and O–H groups in total. The lowest BCUT2D eigenvalue weighted by atomic mass is 9.88. The second-order valence-corrected chi connectivity index (χ2v) is 7.75. The van der Waals surface area contributed by atoms with Gasteiger partial charge in [-0.1, -0.05) is 18.2 Å². The molecule has 1 aromatic carbocycles. The number of ether oxygens (including phenoxy) is 1. The largest absolute Gasteiger partial charge is 0.468 e. The first-order chi connectivity index (χ1) is 16.3. The van der Waals surface area contributed by atoms with E-state index in [4.69, 9.17) is 23.7 Å². The minimum Gasteiger partial charge on any atom is -0.468 e. The van der Waals surface area contributed by atoms with Crippen molar-refractivity contribution in [3.05, 3.63) is 96.0 Å². The number of furan rings is 2. The summed E-state index contributed by atoms with van der Waals surface area (Å²) in [5, 5.41) is 9.35. The topological polar surface area (TPSA) is 96.4 Å². The summed E-state index contributed by atoms with van der Waals surface area (Å²) in [5.74, 6) is 2.51. The Morgan fingerprint density at radius 1 is 0.879 bits per heavy atom. The molecule has 0 fully saturated rings. The summed E-state index contributed by atoms with van der Waals surface area (Å²) < 4.78 is 21.2. The van der Waals surface area contributed by atoms with E-state index < -0.39 is 0 Å². The fraction of sp³-hybridized carbons (Fsp3) is 0.0833. The highest BCUT2D eigenvalue weighted by atomic mass is 16.5. The van der Waals surface area contributed by atoms with Crippen LogP contribution in [-0.2, 0) is 0 Å². The number of fused-ring (bicyclic) bond motifs is 4. The van der Waals surface area contributed by atoms with Gasteiger partial charge in [0.15, 0.2) is 11.4 Å². The second kappa shape index (κ2) is 6.67. The molecule has 0 bridgehead atoms. The predicted molar refractivity (Wildman–Crippen MR) is 117 cm³/mol. The van der Waals surface area contributed by atoms with Crippen LogP contribution >= 0.6 is 0 Å². The van der Waals surface area contributed by atoms with Gasteiger partial charge in [0.1, 0.15) is 12.1 Å². The molecule has 9 nitrogen and oxygen atoms in total. The summed E-state index contributed by atoms with van der Waals surface area (Å²) in [6, 6.07) is 17.3. The molecule has 7 rings (SSSR count). The summed E-state index contributed by atoms with van der Waals surface area (Å²) >= 11 is 0. The van der Waals surface area contributed by atoms with Crippen molar-refractivity contribution >= 4 is 5.65 Å². The van der Waals surface area contributed by atoms with Gasteiger partial charge in [0.25, 0.3) is 0 Å². The molecule has 9 heteroatoms. The normalized spacial score (nSPS) is 14.8. The Labute approximate surface area is 186 Å². The molecule has 0 aliphatic carbocycles. The van der Waals surface area contributed by atoms with E-state index in [0.717, 1.165) is 28.3 Å². The summed E-state index contributed by atoms with van der Waals surface area (Å²) in [7, 11) is 0. The van der Waals surface area contributed by atoms with Gasteiger partial charge in [-0.05, 0) is 43.3 Å². The quantitative estimate of drug-likeness (QED) is 0.394. The monoisotopic (exact) mass is 436 g/mol.